The van der Waals surface area contributed by atoms with Gasteiger partial charge < -0.3 is 15.5 Å². The summed E-state index contributed by atoms with van der Waals surface area (Å²) in [5.41, 5.74) is 7.11. The Morgan fingerprint density at radius 3 is 2.45 bits per heavy atom. The highest BCUT2D eigenvalue weighted by molar-refractivity contribution is 5.97. The van der Waals surface area contributed by atoms with Crippen LogP contribution in [-0.2, 0) is 4.79 Å². The second kappa shape index (κ2) is 6.48. The number of hydrogen-bond donors (Lipinski definition) is 1. The quantitative estimate of drug-likeness (QED) is 0.903. The molecule has 120 valence electrons. The number of anilines is 1. The molecule has 0 unspecified atom stereocenters. The Bertz CT molecular complexity index is 552. The van der Waals surface area contributed by atoms with Crippen LogP contribution in [0, 0.1) is 5.41 Å². The lowest BCUT2D eigenvalue weighted by Crippen LogP contribution is -2.39. The minimum atomic E-state index is -0.105. The maximum absolute atomic E-state index is 12.4. The maximum atomic E-state index is 12.4. The fraction of sp³-hybridized carbons (Fsp3) is 0.529. The number of nitrogens with zero attached hydrogens (tertiary/aromatic N) is 2. The molecule has 5 nitrogen and oxygen atoms in total. The molecule has 1 aromatic carbocycles. The molecule has 1 aliphatic rings. The standard InChI is InChI=1S/C17H25N3O2/c1-17(2,11-18)12-19(3)16(22)13-6-8-14(9-7-13)20-10-4-5-15(20)21/h6-9H,4-5,10-12,18H2,1-3H3. The van der Waals surface area contributed by atoms with Gasteiger partial charge >= 0.3 is 0 Å². The van der Waals surface area contributed by atoms with Crippen molar-refractivity contribution < 1.29 is 9.59 Å². The number of nitrogens with two attached hydrogens (primary N) is 1. The molecule has 0 radical (unpaired) electrons. The van der Waals surface area contributed by atoms with Crippen molar-refractivity contribution in [3.05, 3.63) is 29.8 Å². The number of rotatable bonds is 5. The van der Waals surface area contributed by atoms with Crippen molar-refractivity contribution in [3.8, 4) is 0 Å². The SMILES string of the molecule is CN(CC(C)(C)CN)C(=O)c1ccc(N2CCCC2=O)cc1. The van der Waals surface area contributed by atoms with E-state index >= 15 is 0 Å². The largest absolute Gasteiger partial charge is 0.341 e. The summed E-state index contributed by atoms with van der Waals surface area (Å²) in [6.45, 7) is 5.98. The summed E-state index contributed by atoms with van der Waals surface area (Å²) in [6.07, 6.45) is 1.51. The van der Waals surface area contributed by atoms with Gasteiger partial charge in [-0.05, 0) is 42.6 Å². The first kappa shape index (κ1) is 16.5. The third-order valence-corrected chi connectivity index (χ3v) is 4.06. The average Bonchev–Trinajstić information content (AvgIpc) is 2.92. The van der Waals surface area contributed by atoms with E-state index < -0.39 is 0 Å². The van der Waals surface area contributed by atoms with Gasteiger partial charge in [0.1, 0.15) is 0 Å². The van der Waals surface area contributed by atoms with Gasteiger partial charge in [0.15, 0.2) is 0 Å². The first-order valence-electron chi connectivity index (χ1n) is 7.70. The summed E-state index contributed by atoms with van der Waals surface area (Å²) < 4.78 is 0. The molecular weight excluding hydrogens is 278 g/mol. The van der Waals surface area contributed by atoms with Crippen molar-refractivity contribution in [3.63, 3.8) is 0 Å². The summed E-state index contributed by atoms with van der Waals surface area (Å²) in [5, 5.41) is 0. The summed E-state index contributed by atoms with van der Waals surface area (Å²) in [5.74, 6) is 0.127. The number of benzene rings is 1. The molecule has 0 spiro atoms. The van der Waals surface area contributed by atoms with Gasteiger partial charge in [-0.25, -0.2) is 0 Å². The van der Waals surface area contributed by atoms with Crippen LogP contribution in [0.4, 0.5) is 5.69 Å². The molecule has 1 fully saturated rings. The lowest BCUT2D eigenvalue weighted by Gasteiger charge is -2.29. The average molecular weight is 303 g/mol. The minimum Gasteiger partial charge on any atom is -0.341 e. The van der Waals surface area contributed by atoms with E-state index in [4.69, 9.17) is 5.73 Å². The van der Waals surface area contributed by atoms with Crippen LogP contribution in [0.3, 0.4) is 0 Å². The van der Waals surface area contributed by atoms with Crippen molar-refractivity contribution in [2.75, 3.05) is 31.6 Å². The van der Waals surface area contributed by atoms with Gasteiger partial charge in [0, 0.05) is 37.8 Å². The van der Waals surface area contributed by atoms with E-state index in [0.29, 0.717) is 25.1 Å². The topological polar surface area (TPSA) is 66.6 Å². The Hall–Kier alpha value is -1.88. The Labute approximate surface area is 132 Å². The molecule has 0 bridgehead atoms. The Kier molecular flexibility index (Phi) is 4.86. The van der Waals surface area contributed by atoms with Crippen LogP contribution < -0.4 is 10.6 Å². The van der Waals surface area contributed by atoms with Gasteiger partial charge in [0.25, 0.3) is 5.91 Å². The van der Waals surface area contributed by atoms with Gasteiger partial charge in [0.05, 0.1) is 0 Å². The van der Waals surface area contributed by atoms with Crippen molar-refractivity contribution in [1.29, 1.82) is 0 Å². The van der Waals surface area contributed by atoms with E-state index in [-0.39, 0.29) is 17.2 Å². The highest BCUT2D eigenvalue weighted by atomic mass is 16.2. The summed E-state index contributed by atoms with van der Waals surface area (Å²) in [6, 6.07) is 7.27. The predicted octanol–water partition coefficient (Wildman–Crippen LogP) is 1.87. The highest BCUT2D eigenvalue weighted by Gasteiger charge is 2.23. The normalized spacial score (nSPS) is 15.3. The molecule has 0 saturated carbocycles. The van der Waals surface area contributed by atoms with Gasteiger partial charge in [-0.15, -0.1) is 0 Å². The number of carbonyl (C=O) groups excluding carboxylic acids is 2. The first-order valence-corrected chi connectivity index (χ1v) is 7.70. The zero-order valence-corrected chi connectivity index (χ0v) is 13.6. The molecular formula is C17H25N3O2. The third kappa shape index (κ3) is 3.65. The molecule has 1 saturated heterocycles. The third-order valence-electron chi connectivity index (χ3n) is 4.06. The lowest BCUT2D eigenvalue weighted by atomic mass is 9.93. The Balaban J connectivity index is 2.06. The van der Waals surface area contributed by atoms with E-state index in [1.807, 2.05) is 26.0 Å². The molecule has 2 amide bonds. The van der Waals surface area contributed by atoms with Gasteiger partial charge in [0.2, 0.25) is 5.91 Å². The van der Waals surface area contributed by atoms with Crippen molar-refractivity contribution in [1.82, 2.24) is 4.90 Å². The summed E-state index contributed by atoms with van der Waals surface area (Å²) in [4.78, 5) is 27.6. The maximum Gasteiger partial charge on any atom is 0.253 e. The van der Waals surface area contributed by atoms with Crippen molar-refractivity contribution >= 4 is 17.5 Å². The lowest BCUT2D eigenvalue weighted by molar-refractivity contribution is -0.117. The molecule has 1 aliphatic heterocycles. The van der Waals surface area contributed by atoms with Gasteiger partial charge in [-0.2, -0.15) is 0 Å². The van der Waals surface area contributed by atoms with Crippen molar-refractivity contribution in [2.45, 2.75) is 26.7 Å². The smallest absolute Gasteiger partial charge is 0.253 e. The van der Waals surface area contributed by atoms with Crippen LogP contribution in [0.1, 0.15) is 37.0 Å². The van der Waals surface area contributed by atoms with E-state index in [0.717, 1.165) is 18.7 Å². The zero-order chi connectivity index (χ0) is 16.3. The van der Waals surface area contributed by atoms with E-state index in [1.54, 1.807) is 29.0 Å². The number of amides is 2. The van der Waals surface area contributed by atoms with Gasteiger partial charge in [-0.1, -0.05) is 13.8 Å². The molecule has 2 rings (SSSR count). The summed E-state index contributed by atoms with van der Waals surface area (Å²) in [7, 11) is 1.79. The molecule has 22 heavy (non-hydrogen) atoms. The fourth-order valence-corrected chi connectivity index (χ4v) is 2.70. The van der Waals surface area contributed by atoms with Crippen LogP contribution in [0.25, 0.3) is 0 Å². The van der Waals surface area contributed by atoms with E-state index in [9.17, 15) is 9.59 Å². The monoisotopic (exact) mass is 303 g/mol. The number of carbonyl (C=O) groups is 2. The second-order valence-electron chi connectivity index (χ2n) is 6.73. The Morgan fingerprint density at radius 1 is 1.32 bits per heavy atom. The molecule has 1 heterocycles. The molecule has 0 atom stereocenters. The molecule has 0 aromatic heterocycles. The Morgan fingerprint density at radius 2 is 1.95 bits per heavy atom. The van der Waals surface area contributed by atoms with Crippen molar-refractivity contribution in [2.24, 2.45) is 11.1 Å². The predicted molar refractivity (Wildman–Crippen MR) is 87.8 cm³/mol. The van der Waals surface area contributed by atoms with Crippen LogP contribution in [0.2, 0.25) is 0 Å². The fourth-order valence-electron chi connectivity index (χ4n) is 2.70. The second-order valence-corrected chi connectivity index (χ2v) is 6.73. The van der Waals surface area contributed by atoms with Crippen LogP contribution in [0.5, 0.6) is 0 Å². The van der Waals surface area contributed by atoms with E-state index in [2.05, 4.69) is 0 Å². The van der Waals surface area contributed by atoms with Crippen LogP contribution in [0.15, 0.2) is 24.3 Å². The number of hydrogen-bond acceptors (Lipinski definition) is 3. The summed E-state index contributed by atoms with van der Waals surface area (Å²) >= 11 is 0. The van der Waals surface area contributed by atoms with Crippen LogP contribution >= 0.6 is 0 Å². The minimum absolute atomic E-state index is 0.0270. The first-order chi connectivity index (χ1) is 10.3. The highest BCUT2D eigenvalue weighted by Crippen LogP contribution is 2.22. The van der Waals surface area contributed by atoms with Crippen LogP contribution in [-0.4, -0.2) is 43.4 Å². The van der Waals surface area contributed by atoms with E-state index in [1.165, 1.54) is 0 Å². The molecule has 1 aromatic rings. The zero-order valence-electron chi connectivity index (χ0n) is 13.6. The molecule has 2 N–H and O–H groups in total. The molecule has 5 heteroatoms. The molecule has 0 aliphatic carbocycles. The van der Waals surface area contributed by atoms with Gasteiger partial charge in [-0.3, -0.25) is 9.59 Å².